The summed E-state index contributed by atoms with van der Waals surface area (Å²) < 4.78 is 56.8. The maximum Gasteiger partial charge on any atom is 0.416 e. The summed E-state index contributed by atoms with van der Waals surface area (Å²) in [5, 5.41) is 0. The van der Waals surface area contributed by atoms with Crippen LogP contribution in [0.4, 0.5) is 13.2 Å². The zero-order valence-corrected chi connectivity index (χ0v) is 17.7. The first-order chi connectivity index (χ1) is 15.7. The maximum absolute atomic E-state index is 12.9. The van der Waals surface area contributed by atoms with Crippen molar-refractivity contribution in [2.24, 2.45) is 7.05 Å². The van der Waals surface area contributed by atoms with Gasteiger partial charge < -0.3 is 18.8 Å². The summed E-state index contributed by atoms with van der Waals surface area (Å²) in [6, 6.07) is 16.4. The number of hydrogen-bond donors (Lipinski definition) is 0. The van der Waals surface area contributed by atoms with Gasteiger partial charge in [0.05, 0.1) is 29.3 Å². The Bertz CT molecular complexity index is 1310. The number of halogens is 3. The monoisotopic (exact) mass is 456 g/mol. The molecule has 0 amide bonds. The number of hydrogen-bond acceptors (Lipinski definition) is 5. The normalized spacial score (nSPS) is 11.4. The zero-order valence-electron chi connectivity index (χ0n) is 17.7. The molecule has 1 heterocycles. The van der Waals surface area contributed by atoms with Crippen molar-refractivity contribution < 1.29 is 32.2 Å². The maximum atomic E-state index is 12.9. The number of esters is 1. The van der Waals surface area contributed by atoms with Gasteiger partial charge in [0.2, 0.25) is 0 Å². The molecule has 6 nitrogen and oxygen atoms in total. The minimum atomic E-state index is -4.45. The molecule has 0 bridgehead atoms. The molecule has 3 aromatic carbocycles. The first-order valence-corrected chi connectivity index (χ1v) is 9.86. The van der Waals surface area contributed by atoms with Crippen LogP contribution >= 0.6 is 0 Å². The molecule has 0 saturated heterocycles. The van der Waals surface area contributed by atoms with Gasteiger partial charge in [-0.1, -0.05) is 12.1 Å². The number of alkyl halides is 3. The Hall–Kier alpha value is -4.01. The largest absolute Gasteiger partial charge is 0.486 e. The van der Waals surface area contributed by atoms with E-state index in [4.69, 9.17) is 14.2 Å². The first kappa shape index (κ1) is 22.2. The average Bonchev–Trinajstić information content (AvgIpc) is 3.12. The minimum Gasteiger partial charge on any atom is -0.486 e. The second kappa shape index (κ2) is 8.85. The van der Waals surface area contributed by atoms with Crippen LogP contribution < -0.4 is 9.47 Å². The quantitative estimate of drug-likeness (QED) is 0.346. The van der Waals surface area contributed by atoms with E-state index >= 15 is 0 Å². The lowest BCUT2D eigenvalue weighted by Gasteiger charge is -2.10. The van der Waals surface area contributed by atoms with Gasteiger partial charge in [0.1, 0.15) is 29.7 Å². The molecule has 170 valence electrons. The third kappa shape index (κ3) is 4.92. The molecule has 0 radical (unpaired) electrons. The molecule has 0 saturated carbocycles. The molecule has 1 aromatic heterocycles. The van der Waals surface area contributed by atoms with Gasteiger partial charge in [-0.15, -0.1) is 0 Å². The van der Waals surface area contributed by atoms with Gasteiger partial charge in [0.15, 0.2) is 0 Å². The van der Waals surface area contributed by atoms with Gasteiger partial charge in [0, 0.05) is 13.1 Å². The van der Waals surface area contributed by atoms with E-state index in [1.54, 1.807) is 54.1 Å². The highest BCUT2D eigenvalue weighted by Crippen LogP contribution is 2.33. The lowest BCUT2D eigenvalue weighted by molar-refractivity contribution is -0.137. The number of aromatic nitrogens is 2. The van der Waals surface area contributed by atoms with Crippen LogP contribution in [0.1, 0.15) is 21.7 Å². The van der Waals surface area contributed by atoms with Crippen LogP contribution in [0, 0.1) is 0 Å². The molecule has 0 aliphatic rings. The number of carbonyl (C=O) groups is 1. The number of imidazole rings is 1. The second-order valence-electron chi connectivity index (χ2n) is 7.17. The standard InChI is InChI=1S/C24H19F3N2O4/c1-29-21-13-19(33-18-8-4-6-16(12-18)24(25,26)27)9-10-20(21)28-22(29)14-32-17-7-3-5-15(11-17)23(30)31-2/h3-13H,14H2,1-2H3. The van der Waals surface area contributed by atoms with Crippen LogP contribution in [0.3, 0.4) is 0 Å². The topological polar surface area (TPSA) is 62.6 Å². The van der Waals surface area contributed by atoms with Crippen molar-refractivity contribution in [3.8, 4) is 17.2 Å². The molecule has 0 atom stereocenters. The van der Waals surface area contributed by atoms with Gasteiger partial charge in [-0.2, -0.15) is 13.2 Å². The van der Waals surface area contributed by atoms with Crippen molar-refractivity contribution in [3.05, 3.63) is 83.7 Å². The Balaban J connectivity index is 1.52. The lowest BCUT2D eigenvalue weighted by Crippen LogP contribution is -2.05. The van der Waals surface area contributed by atoms with Crippen molar-refractivity contribution in [3.63, 3.8) is 0 Å². The minimum absolute atomic E-state index is 0.0837. The van der Waals surface area contributed by atoms with Crippen LogP contribution in [0.15, 0.2) is 66.7 Å². The fourth-order valence-corrected chi connectivity index (χ4v) is 3.26. The highest BCUT2D eigenvalue weighted by Gasteiger charge is 2.30. The molecule has 9 heteroatoms. The van der Waals surface area contributed by atoms with Gasteiger partial charge in [0.25, 0.3) is 0 Å². The molecule has 0 aliphatic heterocycles. The summed E-state index contributed by atoms with van der Waals surface area (Å²) in [5.41, 5.74) is 0.992. The first-order valence-electron chi connectivity index (χ1n) is 9.86. The molecule has 4 aromatic rings. The predicted molar refractivity (Wildman–Crippen MR) is 114 cm³/mol. The molecule has 0 spiro atoms. The Morgan fingerprint density at radius 3 is 2.45 bits per heavy atom. The van der Waals surface area contributed by atoms with Gasteiger partial charge in [-0.25, -0.2) is 9.78 Å². The van der Waals surface area contributed by atoms with Crippen LogP contribution in [0.2, 0.25) is 0 Å². The zero-order chi connectivity index (χ0) is 23.6. The van der Waals surface area contributed by atoms with Crippen molar-refractivity contribution >= 4 is 17.0 Å². The van der Waals surface area contributed by atoms with E-state index in [1.807, 2.05) is 0 Å². The van der Waals surface area contributed by atoms with E-state index in [2.05, 4.69) is 4.98 Å². The molecule has 33 heavy (non-hydrogen) atoms. The highest BCUT2D eigenvalue weighted by molar-refractivity contribution is 5.89. The summed E-state index contributed by atoms with van der Waals surface area (Å²) in [6.07, 6.45) is -4.45. The number of carbonyl (C=O) groups excluding carboxylic acids is 1. The molecule has 0 unspecified atom stereocenters. The van der Waals surface area contributed by atoms with Gasteiger partial charge in [-0.3, -0.25) is 0 Å². The van der Waals surface area contributed by atoms with E-state index in [-0.39, 0.29) is 12.4 Å². The summed E-state index contributed by atoms with van der Waals surface area (Å²) >= 11 is 0. The Labute approximate surface area is 187 Å². The van der Waals surface area contributed by atoms with Crippen LogP contribution in [0.5, 0.6) is 17.2 Å². The lowest BCUT2D eigenvalue weighted by atomic mass is 10.2. The molecular formula is C24H19F3N2O4. The van der Waals surface area contributed by atoms with Gasteiger partial charge in [-0.05, 0) is 48.5 Å². The SMILES string of the molecule is COC(=O)c1cccc(OCc2nc3ccc(Oc4cccc(C(F)(F)F)c4)cc3n2C)c1. The molecule has 0 N–H and O–H groups in total. The van der Waals surface area contributed by atoms with E-state index < -0.39 is 17.7 Å². The second-order valence-corrected chi connectivity index (χ2v) is 7.17. The van der Waals surface area contributed by atoms with E-state index in [1.165, 1.54) is 19.2 Å². The fourth-order valence-electron chi connectivity index (χ4n) is 3.26. The van der Waals surface area contributed by atoms with E-state index in [9.17, 15) is 18.0 Å². The summed E-state index contributed by atoms with van der Waals surface area (Å²) in [5.74, 6) is 1.10. The Morgan fingerprint density at radius 1 is 0.970 bits per heavy atom. The Kier molecular flexibility index (Phi) is 5.95. The summed E-state index contributed by atoms with van der Waals surface area (Å²) in [4.78, 5) is 16.2. The van der Waals surface area contributed by atoms with E-state index in [0.717, 1.165) is 17.6 Å². The van der Waals surface area contributed by atoms with Crippen LogP contribution in [0.25, 0.3) is 11.0 Å². The smallest absolute Gasteiger partial charge is 0.416 e. The number of benzene rings is 3. The molecule has 0 fully saturated rings. The third-order valence-electron chi connectivity index (χ3n) is 4.97. The van der Waals surface area contributed by atoms with Gasteiger partial charge >= 0.3 is 12.1 Å². The molecule has 0 aliphatic carbocycles. The van der Waals surface area contributed by atoms with Crippen molar-refractivity contribution in [1.82, 2.24) is 9.55 Å². The molecular weight excluding hydrogens is 437 g/mol. The number of rotatable bonds is 6. The number of nitrogens with zero attached hydrogens (tertiary/aromatic N) is 2. The number of aryl methyl sites for hydroxylation is 1. The van der Waals surface area contributed by atoms with Crippen molar-refractivity contribution in [2.45, 2.75) is 12.8 Å². The van der Waals surface area contributed by atoms with Crippen LogP contribution in [-0.2, 0) is 24.6 Å². The van der Waals surface area contributed by atoms with Crippen molar-refractivity contribution in [2.75, 3.05) is 7.11 Å². The number of ether oxygens (including phenoxy) is 3. The summed E-state index contributed by atoms with van der Waals surface area (Å²) in [7, 11) is 3.10. The van der Waals surface area contributed by atoms with Crippen molar-refractivity contribution in [1.29, 1.82) is 0 Å². The number of methoxy groups -OCH3 is 1. The predicted octanol–water partition coefficient (Wildman–Crippen LogP) is 5.75. The average molecular weight is 456 g/mol. The number of fused-ring (bicyclic) bond motifs is 1. The molecule has 4 rings (SSSR count). The third-order valence-corrected chi connectivity index (χ3v) is 4.97. The highest BCUT2D eigenvalue weighted by atomic mass is 19.4. The summed E-state index contributed by atoms with van der Waals surface area (Å²) in [6.45, 7) is 0.139. The Morgan fingerprint density at radius 2 is 1.70 bits per heavy atom. The van der Waals surface area contributed by atoms with E-state index in [0.29, 0.717) is 28.4 Å². The van der Waals surface area contributed by atoms with Crippen LogP contribution in [-0.4, -0.2) is 22.6 Å². The fraction of sp³-hybridized carbons (Fsp3) is 0.167.